The number of aryl methyl sites for hydroxylation is 10. The van der Waals surface area contributed by atoms with Crippen molar-refractivity contribution < 1.29 is 0 Å². The maximum absolute atomic E-state index is 2.72. The van der Waals surface area contributed by atoms with Gasteiger partial charge in [0.25, 0.3) is 0 Å². The molecule has 137 heavy (non-hydrogen) atoms. The van der Waals surface area contributed by atoms with Gasteiger partial charge in [-0.25, -0.2) is 0 Å². The van der Waals surface area contributed by atoms with Crippen LogP contribution in [0.4, 0.5) is 34.1 Å². The number of nitrogens with zero attached hydrogens (tertiary/aromatic N) is 2. The van der Waals surface area contributed by atoms with Gasteiger partial charge in [-0.2, -0.15) is 0 Å². The van der Waals surface area contributed by atoms with Gasteiger partial charge in [-0.05, 0) is 368 Å². The highest BCUT2D eigenvalue weighted by Crippen LogP contribution is 2.62. The van der Waals surface area contributed by atoms with E-state index in [1.807, 2.05) is 0 Å². The number of unbranched alkanes of at least 4 members (excludes halogenated alkanes) is 18. The number of benzene rings is 15. The smallest absolute Gasteiger partial charge is 0.0714 e. The molecule has 694 valence electrons. The second-order valence-electron chi connectivity index (χ2n) is 41.6. The SMILES string of the molecule is CCCCCCCCC1(CCCCCCCC)c2cc(-c3ccc(N(c4ccc(CCCC)cc4)c4ccc(N(c5ccc(CCCC)cc5)c5ccc(-c6ccc7c(c6)C(c6ccc8c(c6)CC8)(c6ccc8c(c6)CC8)c6cc(C)ccc6-7)cc5)cc4)cc3)ccc2-c2ccc(-c3ccc4c(c3)C(c3cccc(CCCCCC)c3)(c3cccc(CCCCCC)c3)c3cc(C)ccc3-4)cc21. The van der Waals surface area contributed by atoms with Crippen molar-refractivity contribution >= 4 is 34.1 Å². The first-order valence-electron chi connectivity index (χ1n) is 53.8. The summed E-state index contributed by atoms with van der Waals surface area (Å²) in [7, 11) is 0. The Morgan fingerprint density at radius 1 is 0.204 bits per heavy atom. The molecule has 0 saturated heterocycles. The standard InChI is InChI=1S/C135H144N2/c1-9-15-21-25-27-31-83-133(84-32-28-26-22-16-10-2)127-91-107(59-79-121(127)122-80-61-109(92-128(122)133)110-62-82-126-123-77-43-95(7)85-129(123)134(132(126)94-110,111-41-33-39-99(87-111)37-29-23-17-11-3)112-42-34-40-100(88-112)38-30-24-18-12-4)103-55-69-117(70-56-103)136(115-65-45-97(46-66-115)35-19-13-5)119-73-75-120(76-74-119)137(116-67-47-98(48-68-116)36-20-14-6)118-71-57-104(58-72-118)108-60-81-125-124-78-44-96(8)86-130(124)135(131(125)93-108,113-63-53-101-49-51-105(101)89-113)114-64-54-102-50-52-106(102)90-114/h33-34,39-48,53-82,85-94H,9-32,35-38,49-52,83-84H2,1-8H3. The minimum Gasteiger partial charge on any atom is -0.311 e. The molecule has 0 aliphatic heterocycles. The van der Waals surface area contributed by atoms with Crippen molar-refractivity contribution in [1.29, 1.82) is 0 Å². The third-order valence-electron chi connectivity index (χ3n) is 32.5. The quantitative estimate of drug-likeness (QED) is 0.0352. The van der Waals surface area contributed by atoms with Crippen LogP contribution in [0.2, 0.25) is 0 Å². The van der Waals surface area contributed by atoms with Crippen LogP contribution < -0.4 is 9.80 Å². The molecule has 2 heteroatoms. The van der Waals surface area contributed by atoms with Gasteiger partial charge in [-0.3, -0.25) is 0 Å². The first-order valence-corrected chi connectivity index (χ1v) is 53.8. The molecule has 15 aromatic carbocycles. The van der Waals surface area contributed by atoms with Gasteiger partial charge >= 0.3 is 0 Å². The summed E-state index contributed by atoms with van der Waals surface area (Å²) in [5.74, 6) is 0. The lowest BCUT2D eigenvalue weighted by Crippen LogP contribution is -2.30. The molecule has 5 aliphatic carbocycles. The Balaban J connectivity index is 0.654. The molecule has 2 nitrogen and oxygen atoms in total. The maximum atomic E-state index is 2.72. The number of fused-ring (bicyclic) bond motifs is 11. The molecule has 0 unspecified atom stereocenters. The van der Waals surface area contributed by atoms with Crippen LogP contribution in [0, 0.1) is 13.8 Å². The third-order valence-corrected chi connectivity index (χ3v) is 32.5. The highest BCUT2D eigenvalue weighted by Gasteiger charge is 2.50. The third kappa shape index (κ3) is 18.2. The Labute approximate surface area is 821 Å². The Kier molecular flexibility index (Phi) is 28.2. The molecule has 0 saturated carbocycles. The average molecular weight is 1790 g/mol. The average Bonchev–Trinajstić information content (AvgIpc) is 1.53. The van der Waals surface area contributed by atoms with Crippen molar-refractivity contribution in [2.45, 2.75) is 290 Å². The van der Waals surface area contributed by atoms with Gasteiger partial charge in [0.1, 0.15) is 0 Å². The first kappa shape index (κ1) is 92.6. The lowest BCUT2D eigenvalue weighted by atomic mass is 9.65. The van der Waals surface area contributed by atoms with E-state index < -0.39 is 10.8 Å². The topological polar surface area (TPSA) is 6.48 Å². The summed E-state index contributed by atoms with van der Waals surface area (Å²) in [5.41, 5.74) is 50.0. The molecule has 20 rings (SSSR count). The fraction of sp³-hybridized carbons (Fsp3) is 0.333. The van der Waals surface area contributed by atoms with Crippen molar-refractivity contribution in [1.82, 2.24) is 0 Å². The van der Waals surface area contributed by atoms with E-state index in [1.54, 1.807) is 5.56 Å². The van der Waals surface area contributed by atoms with Crippen LogP contribution >= 0.6 is 0 Å². The molecule has 0 N–H and O–H groups in total. The fourth-order valence-corrected chi connectivity index (χ4v) is 24.7. The van der Waals surface area contributed by atoms with E-state index in [2.05, 4.69) is 381 Å². The van der Waals surface area contributed by atoms with Gasteiger partial charge in [0.05, 0.1) is 10.8 Å². The van der Waals surface area contributed by atoms with Crippen LogP contribution in [0.5, 0.6) is 0 Å². The normalized spacial score (nSPS) is 13.9. The fourth-order valence-electron chi connectivity index (χ4n) is 24.7. The van der Waals surface area contributed by atoms with Crippen molar-refractivity contribution in [3.63, 3.8) is 0 Å². The summed E-state index contributed by atoms with van der Waals surface area (Å²) in [6.45, 7) is 18.6. The lowest BCUT2D eigenvalue weighted by Gasteiger charge is -2.37. The van der Waals surface area contributed by atoms with Crippen LogP contribution in [-0.2, 0) is 67.6 Å². The lowest BCUT2D eigenvalue weighted by molar-refractivity contribution is 0.398. The van der Waals surface area contributed by atoms with Crippen LogP contribution in [0.3, 0.4) is 0 Å². The molecule has 5 aliphatic rings. The maximum Gasteiger partial charge on any atom is 0.0714 e. The summed E-state index contributed by atoms with van der Waals surface area (Å²) in [6, 6.07) is 127. The molecule has 0 bridgehead atoms. The zero-order valence-corrected chi connectivity index (χ0v) is 83.5. The Bertz CT molecular complexity index is 6620. The van der Waals surface area contributed by atoms with Crippen molar-refractivity contribution in [2.24, 2.45) is 0 Å². The molecule has 0 spiro atoms. The number of anilines is 6. The molecule has 15 aromatic rings. The van der Waals surface area contributed by atoms with Gasteiger partial charge in [0, 0.05) is 39.5 Å². The van der Waals surface area contributed by atoms with E-state index in [1.165, 1.54) is 339 Å². The second kappa shape index (κ2) is 41.7. The Morgan fingerprint density at radius 3 is 0.832 bits per heavy atom. The van der Waals surface area contributed by atoms with E-state index >= 15 is 0 Å². The van der Waals surface area contributed by atoms with Crippen molar-refractivity contribution in [3.8, 4) is 66.8 Å². The van der Waals surface area contributed by atoms with E-state index in [0.717, 1.165) is 85.5 Å². The van der Waals surface area contributed by atoms with Crippen molar-refractivity contribution in [3.05, 3.63) is 427 Å². The van der Waals surface area contributed by atoms with Crippen LogP contribution in [0.25, 0.3) is 66.8 Å². The van der Waals surface area contributed by atoms with Crippen LogP contribution in [-0.4, -0.2) is 0 Å². The zero-order chi connectivity index (χ0) is 93.4. The number of hydrogen-bond acceptors (Lipinski definition) is 2. The molecule has 0 fully saturated rings. The second-order valence-corrected chi connectivity index (χ2v) is 41.6. The zero-order valence-electron chi connectivity index (χ0n) is 83.5. The number of hydrogen-bond donors (Lipinski definition) is 0. The summed E-state index contributed by atoms with van der Waals surface area (Å²) in [4.78, 5) is 4.96. The molecule has 0 aromatic heterocycles. The Morgan fingerprint density at radius 2 is 0.482 bits per heavy atom. The monoisotopic (exact) mass is 1790 g/mol. The van der Waals surface area contributed by atoms with E-state index in [-0.39, 0.29) is 5.41 Å². The van der Waals surface area contributed by atoms with Gasteiger partial charge in [0.2, 0.25) is 0 Å². The molecule has 0 heterocycles. The van der Waals surface area contributed by atoms with E-state index in [4.69, 9.17) is 0 Å². The highest BCUT2D eigenvalue weighted by atomic mass is 15.2. The molecular weight excluding hydrogens is 1650 g/mol. The first-order chi connectivity index (χ1) is 67.4. The van der Waals surface area contributed by atoms with E-state index in [9.17, 15) is 0 Å². The van der Waals surface area contributed by atoms with Gasteiger partial charge < -0.3 is 9.80 Å². The van der Waals surface area contributed by atoms with Gasteiger partial charge in [-0.15, -0.1) is 0 Å². The largest absolute Gasteiger partial charge is 0.311 e. The summed E-state index contributed by atoms with van der Waals surface area (Å²) < 4.78 is 0. The summed E-state index contributed by atoms with van der Waals surface area (Å²) in [6.07, 6.45) is 41.3. The highest BCUT2D eigenvalue weighted by molar-refractivity contribution is 5.94. The Hall–Kier alpha value is -12.1. The minimum absolute atomic E-state index is 0.157. The van der Waals surface area contributed by atoms with Crippen LogP contribution in [0.15, 0.2) is 315 Å². The van der Waals surface area contributed by atoms with Gasteiger partial charge in [0.15, 0.2) is 0 Å². The van der Waals surface area contributed by atoms with Crippen LogP contribution in [0.1, 0.15) is 320 Å². The molecular formula is C135H144N2. The van der Waals surface area contributed by atoms with E-state index in [0.29, 0.717) is 0 Å². The molecule has 0 amide bonds. The predicted molar refractivity (Wildman–Crippen MR) is 586 cm³/mol. The number of rotatable bonds is 43. The van der Waals surface area contributed by atoms with Crippen molar-refractivity contribution in [2.75, 3.05) is 9.80 Å². The predicted octanol–water partition coefficient (Wildman–Crippen LogP) is 37.9. The minimum atomic E-state index is -0.514. The molecule has 0 atom stereocenters. The molecule has 0 radical (unpaired) electrons. The summed E-state index contributed by atoms with van der Waals surface area (Å²) in [5, 5.41) is 0. The summed E-state index contributed by atoms with van der Waals surface area (Å²) >= 11 is 0. The van der Waals surface area contributed by atoms with Gasteiger partial charge in [-0.1, -0.05) is 399 Å².